The van der Waals surface area contributed by atoms with Crippen molar-refractivity contribution >= 4 is 72.9 Å². The zero-order chi connectivity index (χ0) is 16.9. The molecule has 0 saturated heterocycles. The molecule has 0 heterocycles. The molecular formula is C15H11BrNNaO5S. The number of hydrogen-bond donors (Lipinski definition) is 2. The summed E-state index contributed by atoms with van der Waals surface area (Å²) in [6.45, 7) is 0. The third-order valence-corrected chi connectivity index (χ3v) is 5.14. The van der Waals surface area contributed by atoms with Crippen LogP contribution in [0.1, 0.15) is 31.8 Å². The van der Waals surface area contributed by atoms with Crippen LogP contribution in [0, 0.1) is 0 Å². The van der Waals surface area contributed by atoms with Crippen molar-refractivity contribution in [3.8, 4) is 0 Å². The monoisotopic (exact) mass is 419 g/mol. The SMILES string of the molecule is CNc1c(S(=O)(=O)O)cc(Br)c2c1C(=O)c1ccccc1C2=O.[NaH]. The minimum atomic E-state index is -4.58. The molecule has 0 spiro atoms. The Morgan fingerprint density at radius 2 is 1.54 bits per heavy atom. The summed E-state index contributed by atoms with van der Waals surface area (Å²) in [4.78, 5) is 25.0. The first-order valence-corrected chi connectivity index (χ1v) is 8.71. The van der Waals surface area contributed by atoms with Crippen molar-refractivity contribution in [3.05, 3.63) is 57.1 Å². The number of anilines is 1. The van der Waals surface area contributed by atoms with Crippen molar-refractivity contribution in [2.45, 2.75) is 4.90 Å². The van der Waals surface area contributed by atoms with E-state index in [4.69, 9.17) is 0 Å². The molecule has 2 N–H and O–H groups in total. The summed E-state index contributed by atoms with van der Waals surface area (Å²) < 4.78 is 32.7. The fraction of sp³-hybridized carbons (Fsp3) is 0.0667. The van der Waals surface area contributed by atoms with Crippen LogP contribution in [0.25, 0.3) is 0 Å². The van der Waals surface area contributed by atoms with E-state index in [1.54, 1.807) is 18.2 Å². The summed E-state index contributed by atoms with van der Waals surface area (Å²) in [7, 11) is -3.16. The molecule has 0 fully saturated rings. The molecule has 120 valence electrons. The molecule has 0 radical (unpaired) electrons. The van der Waals surface area contributed by atoms with Crippen LogP contribution in [-0.2, 0) is 10.1 Å². The number of nitrogens with one attached hydrogen (secondary N) is 1. The van der Waals surface area contributed by atoms with Gasteiger partial charge in [0.2, 0.25) is 0 Å². The van der Waals surface area contributed by atoms with Gasteiger partial charge in [-0.2, -0.15) is 8.42 Å². The van der Waals surface area contributed by atoms with Gasteiger partial charge in [0.05, 0.1) is 16.8 Å². The molecule has 0 saturated carbocycles. The quantitative estimate of drug-likeness (QED) is 0.485. The first kappa shape index (κ1) is 19.3. The van der Waals surface area contributed by atoms with E-state index in [0.29, 0.717) is 0 Å². The van der Waals surface area contributed by atoms with E-state index in [1.807, 2.05) is 0 Å². The molecule has 1 aliphatic carbocycles. The molecule has 1 aliphatic rings. The molecule has 6 nitrogen and oxygen atoms in total. The number of benzene rings is 2. The van der Waals surface area contributed by atoms with Crippen LogP contribution in [0.5, 0.6) is 0 Å². The average Bonchev–Trinajstić information content (AvgIpc) is 2.50. The molecular weight excluding hydrogens is 409 g/mol. The van der Waals surface area contributed by atoms with E-state index >= 15 is 0 Å². The predicted molar refractivity (Wildman–Crippen MR) is 94.0 cm³/mol. The maximum atomic E-state index is 12.8. The second-order valence-corrected chi connectivity index (χ2v) is 7.15. The molecule has 2 aromatic carbocycles. The van der Waals surface area contributed by atoms with Crippen molar-refractivity contribution in [1.82, 2.24) is 0 Å². The normalized spacial score (nSPS) is 13.0. The Balaban J connectivity index is 0.00000208. The Bertz CT molecular complexity index is 988. The Hall–Kier alpha value is -1.03. The van der Waals surface area contributed by atoms with E-state index in [1.165, 1.54) is 13.1 Å². The van der Waals surface area contributed by atoms with Gasteiger partial charge in [-0.1, -0.05) is 24.3 Å². The van der Waals surface area contributed by atoms with Crippen molar-refractivity contribution < 1.29 is 22.6 Å². The molecule has 0 aromatic heterocycles. The number of ketones is 2. The summed E-state index contributed by atoms with van der Waals surface area (Å²) in [6, 6.07) is 7.43. The van der Waals surface area contributed by atoms with Crippen LogP contribution in [0.2, 0.25) is 0 Å². The van der Waals surface area contributed by atoms with Gasteiger partial charge >= 0.3 is 29.6 Å². The van der Waals surface area contributed by atoms with Gasteiger partial charge in [-0.25, -0.2) is 0 Å². The van der Waals surface area contributed by atoms with Crippen molar-refractivity contribution in [2.75, 3.05) is 12.4 Å². The molecule has 0 aliphatic heterocycles. The zero-order valence-electron chi connectivity index (χ0n) is 11.8. The molecule has 2 aromatic rings. The van der Waals surface area contributed by atoms with E-state index in [9.17, 15) is 22.6 Å². The predicted octanol–water partition coefficient (Wildman–Crippen LogP) is 1.86. The number of carbonyl (C=O) groups excluding carboxylic acids is 2. The molecule has 3 rings (SSSR count). The van der Waals surface area contributed by atoms with Crippen LogP contribution in [0.15, 0.2) is 39.7 Å². The van der Waals surface area contributed by atoms with Crippen molar-refractivity contribution in [3.63, 3.8) is 0 Å². The number of rotatable bonds is 2. The Morgan fingerprint density at radius 1 is 1.04 bits per heavy atom. The van der Waals surface area contributed by atoms with Gasteiger partial charge in [-0.3, -0.25) is 14.1 Å². The van der Waals surface area contributed by atoms with Crippen LogP contribution in [0.4, 0.5) is 5.69 Å². The second kappa shape index (κ2) is 6.70. The first-order chi connectivity index (χ1) is 10.8. The number of halogens is 1. The van der Waals surface area contributed by atoms with Gasteiger partial charge in [-0.05, 0) is 22.0 Å². The van der Waals surface area contributed by atoms with Crippen molar-refractivity contribution in [1.29, 1.82) is 0 Å². The van der Waals surface area contributed by atoms with Gasteiger partial charge in [-0.15, -0.1) is 0 Å². The van der Waals surface area contributed by atoms with E-state index in [2.05, 4.69) is 21.2 Å². The summed E-state index contributed by atoms with van der Waals surface area (Å²) in [5.74, 6) is -0.869. The maximum absolute atomic E-state index is 12.8. The summed E-state index contributed by atoms with van der Waals surface area (Å²) in [5, 5.41) is 2.61. The Labute approximate surface area is 168 Å². The van der Waals surface area contributed by atoms with Crippen molar-refractivity contribution in [2.24, 2.45) is 0 Å². The van der Waals surface area contributed by atoms with Gasteiger partial charge < -0.3 is 5.32 Å². The molecule has 9 heteroatoms. The topological polar surface area (TPSA) is 101 Å². The van der Waals surface area contributed by atoms with Gasteiger partial charge in [0, 0.05) is 22.6 Å². The molecule has 0 unspecified atom stereocenters. The second-order valence-electron chi connectivity index (χ2n) is 4.91. The molecule has 0 amide bonds. The summed E-state index contributed by atoms with van der Waals surface area (Å²) in [6.07, 6.45) is 0. The molecule has 0 bridgehead atoms. The van der Waals surface area contributed by atoms with Gasteiger partial charge in [0.1, 0.15) is 4.90 Å². The fourth-order valence-corrected chi connectivity index (χ4v) is 4.16. The van der Waals surface area contributed by atoms with Gasteiger partial charge in [0.25, 0.3) is 10.1 Å². The third-order valence-electron chi connectivity index (χ3n) is 3.64. The standard InChI is InChI=1S/C15H10BrNO5S.Na.H/c1-17-13-10(23(20,21)22)6-9(16)11-12(13)15(19)8-5-3-2-4-7(8)14(11)18;;/h2-6,17H,1H3,(H,20,21,22);;. The fourth-order valence-electron chi connectivity index (χ4n) is 2.68. The molecule has 24 heavy (non-hydrogen) atoms. The van der Waals surface area contributed by atoms with Crippen LogP contribution >= 0.6 is 15.9 Å². The average molecular weight is 420 g/mol. The van der Waals surface area contributed by atoms with Crippen LogP contribution < -0.4 is 5.32 Å². The van der Waals surface area contributed by atoms with Gasteiger partial charge in [0.15, 0.2) is 11.6 Å². The Kier molecular flexibility index (Phi) is 5.39. The zero-order valence-corrected chi connectivity index (χ0v) is 14.2. The number of carbonyl (C=O) groups is 2. The number of fused-ring (bicyclic) bond motifs is 2. The minimum absolute atomic E-state index is 0. The molecule has 0 atom stereocenters. The van der Waals surface area contributed by atoms with E-state index in [0.717, 1.165) is 6.07 Å². The summed E-state index contributed by atoms with van der Waals surface area (Å²) in [5.41, 5.74) is 0.357. The Morgan fingerprint density at radius 3 is 2.00 bits per heavy atom. The van der Waals surface area contributed by atoms with E-state index in [-0.39, 0.29) is 67.8 Å². The number of hydrogen-bond acceptors (Lipinski definition) is 5. The van der Waals surface area contributed by atoms with Crippen LogP contribution in [-0.4, -0.2) is 61.1 Å². The van der Waals surface area contributed by atoms with Crippen LogP contribution in [0.3, 0.4) is 0 Å². The summed E-state index contributed by atoms with van der Waals surface area (Å²) >= 11 is 3.13. The first-order valence-electron chi connectivity index (χ1n) is 6.47. The van der Waals surface area contributed by atoms with E-state index < -0.39 is 20.8 Å². The third kappa shape index (κ3) is 2.87.